The van der Waals surface area contributed by atoms with Gasteiger partial charge in [0.1, 0.15) is 0 Å². The molecule has 3 rings (SSSR count). The maximum Gasteiger partial charge on any atom is 0.210 e. The van der Waals surface area contributed by atoms with E-state index in [1.54, 1.807) is 23.1 Å². The fourth-order valence-electron chi connectivity index (χ4n) is 2.00. The summed E-state index contributed by atoms with van der Waals surface area (Å²) in [6, 6.07) is 4.65. The van der Waals surface area contributed by atoms with Gasteiger partial charge >= 0.3 is 0 Å². The number of thioether (sulfide) groups is 1. The summed E-state index contributed by atoms with van der Waals surface area (Å²) >= 11 is 3.55. The highest BCUT2D eigenvalue weighted by Crippen LogP contribution is 2.31. The van der Waals surface area contributed by atoms with Crippen LogP contribution in [-0.2, 0) is 6.42 Å². The summed E-state index contributed by atoms with van der Waals surface area (Å²) in [7, 11) is 0. The first-order valence-corrected chi connectivity index (χ1v) is 8.26. The molecule has 0 aliphatic carbocycles. The second-order valence-electron chi connectivity index (χ2n) is 5.85. The van der Waals surface area contributed by atoms with E-state index in [1.807, 2.05) is 0 Å². The summed E-state index contributed by atoms with van der Waals surface area (Å²) in [4.78, 5) is 1.32. The summed E-state index contributed by atoms with van der Waals surface area (Å²) < 4.78 is 2.07. The summed E-state index contributed by atoms with van der Waals surface area (Å²) in [6.45, 7) is 6.79. The van der Waals surface area contributed by atoms with Crippen LogP contribution in [0.3, 0.4) is 0 Å². The molecular weight excluding hydrogens is 276 g/mol. The minimum Gasteiger partial charge on any atom is -0.318 e. The van der Waals surface area contributed by atoms with Gasteiger partial charge in [0.15, 0.2) is 5.82 Å². The van der Waals surface area contributed by atoms with Crippen LogP contribution in [0.25, 0.3) is 0 Å². The molecule has 0 aromatic carbocycles. The van der Waals surface area contributed by atoms with Crippen molar-refractivity contribution in [3.8, 4) is 0 Å². The van der Waals surface area contributed by atoms with Crippen molar-refractivity contribution in [1.29, 1.82) is 0 Å². The number of nitrogens with one attached hydrogen (secondary N) is 1. The van der Waals surface area contributed by atoms with Gasteiger partial charge in [0.2, 0.25) is 5.16 Å². The normalized spacial score (nSPS) is 19.0. The SMILES string of the molecule is CC(C)(C)C1CSc2nnc(Cc3cccs3)n2N1. The molecular formula is C13H18N4S2. The number of rotatable bonds is 2. The largest absolute Gasteiger partial charge is 0.318 e. The van der Waals surface area contributed by atoms with E-state index < -0.39 is 0 Å². The highest BCUT2D eigenvalue weighted by molar-refractivity contribution is 7.99. The second-order valence-corrected chi connectivity index (χ2v) is 7.87. The van der Waals surface area contributed by atoms with Gasteiger partial charge < -0.3 is 5.43 Å². The fourth-order valence-corrected chi connectivity index (χ4v) is 3.98. The molecule has 1 aliphatic heterocycles. The van der Waals surface area contributed by atoms with Gasteiger partial charge in [-0.1, -0.05) is 38.6 Å². The molecule has 0 bridgehead atoms. The lowest BCUT2D eigenvalue weighted by atomic mass is 9.88. The van der Waals surface area contributed by atoms with Crippen molar-refractivity contribution in [2.45, 2.75) is 38.4 Å². The molecule has 102 valence electrons. The number of thiophene rings is 1. The molecule has 1 atom stereocenters. The molecule has 0 saturated heterocycles. The van der Waals surface area contributed by atoms with E-state index in [0.717, 1.165) is 23.2 Å². The van der Waals surface area contributed by atoms with Crippen LogP contribution in [0.1, 0.15) is 31.5 Å². The zero-order chi connectivity index (χ0) is 13.5. The van der Waals surface area contributed by atoms with Crippen molar-refractivity contribution < 1.29 is 0 Å². The van der Waals surface area contributed by atoms with Crippen molar-refractivity contribution in [3.63, 3.8) is 0 Å². The van der Waals surface area contributed by atoms with Crippen molar-refractivity contribution >= 4 is 23.1 Å². The Kier molecular flexibility index (Phi) is 3.30. The van der Waals surface area contributed by atoms with Crippen LogP contribution >= 0.6 is 23.1 Å². The monoisotopic (exact) mass is 294 g/mol. The molecule has 1 aliphatic rings. The maximum atomic E-state index is 4.33. The first-order chi connectivity index (χ1) is 9.04. The molecule has 1 N–H and O–H groups in total. The third-order valence-corrected chi connectivity index (χ3v) is 5.22. The third kappa shape index (κ3) is 2.65. The van der Waals surface area contributed by atoms with Gasteiger partial charge in [-0.15, -0.1) is 21.5 Å². The molecule has 0 spiro atoms. The molecule has 1 unspecified atom stereocenters. The van der Waals surface area contributed by atoms with Crippen molar-refractivity contribution in [2.75, 3.05) is 11.2 Å². The second kappa shape index (κ2) is 4.83. The molecule has 6 heteroatoms. The van der Waals surface area contributed by atoms with Gasteiger partial charge in [0, 0.05) is 17.1 Å². The first-order valence-electron chi connectivity index (χ1n) is 6.40. The van der Waals surface area contributed by atoms with Crippen LogP contribution in [0.5, 0.6) is 0 Å². The van der Waals surface area contributed by atoms with E-state index in [-0.39, 0.29) is 5.41 Å². The van der Waals surface area contributed by atoms with Crippen molar-refractivity contribution in [2.24, 2.45) is 5.41 Å². The Bertz CT molecular complexity index is 554. The van der Waals surface area contributed by atoms with E-state index in [1.165, 1.54) is 4.88 Å². The average molecular weight is 294 g/mol. The lowest BCUT2D eigenvalue weighted by Gasteiger charge is -2.35. The zero-order valence-electron chi connectivity index (χ0n) is 11.4. The predicted octanol–water partition coefficient (Wildman–Crippen LogP) is 2.99. The van der Waals surface area contributed by atoms with Gasteiger partial charge in [-0.25, -0.2) is 4.68 Å². The van der Waals surface area contributed by atoms with Gasteiger partial charge in [0.05, 0.1) is 6.04 Å². The summed E-state index contributed by atoms with van der Waals surface area (Å²) in [6.07, 6.45) is 0.842. The molecule has 2 aromatic heterocycles. The summed E-state index contributed by atoms with van der Waals surface area (Å²) in [5.74, 6) is 2.04. The summed E-state index contributed by atoms with van der Waals surface area (Å²) in [5, 5.41) is 11.7. The minimum absolute atomic E-state index is 0.231. The third-order valence-electron chi connectivity index (χ3n) is 3.32. The van der Waals surface area contributed by atoms with Gasteiger partial charge in [-0.05, 0) is 16.9 Å². The van der Waals surface area contributed by atoms with Gasteiger partial charge in [-0.3, -0.25) is 0 Å². The van der Waals surface area contributed by atoms with Gasteiger partial charge in [-0.2, -0.15) is 0 Å². The smallest absolute Gasteiger partial charge is 0.210 e. The van der Waals surface area contributed by atoms with E-state index in [0.29, 0.717) is 6.04 Å². The number of fused-ring (bicyclic) bond motifs is 1. The molecule has 0 amide bonds. The molecule has 0 radical (unpaired) electrons. The Balaban J connectivity index is 1.84. The summed E-state index contributed by atoms with van der Waals surface area (Å²) in [5.41, 5.74) is 3.80. The molecule has 19 heavy (non-hydrogen) atoms. The topological polar surface area (TPSA) is 42.7 Å². The standard InChI is InChI=1S/C13H18N4S2/c1-13(2,3)10-8-19-12-15-14-11(17(12)16-10)7-9-5-4-6-18-9/h4-6,10,16H,7-8H2,1-3H3. The van der Waals surface area contributed by atoms with Crippen LogP contribution in [0, 0.1) is 5.41 Å². The maximum absolute atomic E-state index is 4.33. The quantitative estimate of drug-likeness (QED) is 0.924. The van der Waals surface area contributed by atoms with E-state index in [2.05, 4.69) is 58.6 Å². The predicted molar refractivity (Wildman–Crippen MR) is 80.5 cm³/mol. The van der Waals surface area contributed by atoms with Crippen LogP contribution in [0.2, 0.25) is 0 Å². The lowest BCUT2D eigenvalue weighted by Crippen LogP contribution is -2.44. The average Bonchev–Trinajstić information content (AvgIpc) is 2.98. The molecule has 2 aromatic rings. The van der Waals surface area contributed by atoms with Gasteiger partial charge in [0.25, 0.3) is 0 Å². The highest BCUT2D eigenvalue weighted by atomic mass is 32.2. The molecule has 4 nitrogen and oxygen atoms in total. The lowest BCUT2D eigenvalue weighted by molar-refractivity contribution is 0.335. The number of hydrogen-bond acceptors (Lipinski definition) is 5. The number of aromatic nitrogens is 3. The minimum atomic E-state index is 0.231. The Morgan fingerprint density at radius 3 is 2.95 bits per heavy atom. The van der Waals surface area contributed by atoms with Crippen LogP contribution in [-0.4, -0.2) is 26.7 Å². The molecule has 3 heterocycles. The molecule has 0 fully saturated rings. The Morgan fingerprint density at radius 2 is 2.26 bits per heavy atom. The molecule has 0 saturated carbocycles. The zero-order valence-corrected chi connectivity index (χ0v) is 13.0. The number of nitrogens with zero attached hydrogens (tertiary/aromatic N) is 3. The van der Waals surface area contributed by atoms with E-state index in [9.17, 15) is 0 Å². The highest BCUT2D eigenvalue weighted by Gasteiger charge is 2.31. The fraction of sp³-hybridized carbons (Fsp3) is 0.538. The van der Waals surface area contributed by atoms with Crippen LogP contribution < -0.4 is 5.43 Å². The van der Waals surface area contributed by atoms with Crippen LogP contribution in [0.4, 0.5) is 0 Å². The number of hydrogen-bond donors (Lipinski definition) is 1. The first kappa shape index (κ1) is 13.0. The van der Waals surface area contributed by atoms with E-state index >= 15 is 0 Å². The Morgan fingerprint density at radius 1 is 1.42 bits per heavy atom. The van der Waals surface area contributed by atoms with E-state index in [4.69, 9.17) is 0 Å². The van der Waals surface area contributed by atoms with Crippen molar-refractivity contribution in [3.05, 3.63) is 28.2 Å². The van der Waals surface area contributed by atoms with Crippen molar-refractivity contribution in [1.82, 2.24) is 14.9 Å². The van der Waals surface area contributed by atoms with Crippen LogP contribution in [0.15, 0.2) is 22.7 Å². The Hall–Kier alpha value is -1.01. The Labute approximate surface area is 121 Å².